The third-order valence-corrected chi connectivity index (χ3v) is 5.43. The van der Waals surface area contributed by atoms with Crippen LogP contribution in [0.5, 0.6) is 0 Å². The van der Waals surface area contributed by atoms with E-state index < -0.39 is 28.9 Å². The Labute approximate surface area is 198 Å². The lowest BCUT2D eigenvalue weighted by molar-refractivity contribution is -0.269. The second-order valence-electron chi connectivity index (χ2n) is 8.45. The summed E-state index contributed by atoms with van der Waals surface area (Å²) in [6.07, 6.45) is -4.03. The normalized spacial score (nSPS) is 18.4. The highest BCUT2D eigenvalue weighted by Crippen LogP contribution is 2.48. The highest BCUT2D eigenvalue weighted by atomic mass is 35.5. The number of alkyl halides is 3. The van der Waals surface area contributed by atoms with Crippen LogP contribution < -0.4 is 5.48 Å². The van der Waals surface area contributed by atoms with Gasteiger partial charge in [0, 0.05) is 5.56 Å². The fourth-order valence-corrected chi connectivity index (χ4v) is 3.84. The lowest BCUT2D eigenvalue weighted by Crippen LogP contribution is -2.42. The zero-order valence-electron chi connectivity index (χ0n) is 18.0. The van der Waals surface area contributed by atoms with E-state index in [2.05, 4.69) is 5.48 Å². The predicted molar refractivity (Wildman–Crippen MR) is 117 cm³/mol. The molecule has 0 amide bonds. The number of carbonyl (C=O) groups excluding carboxylic acids is 1. The molecule has 1 aliphatic rings. The van der Waals surface area contributed by atoms with E-state index in [0.717, 1.165) is 18.2 Å². The molecule has 174 valence electrons. The van der Waals surface area contributed by atoms with Crippen LogP contribution in [0.3, 0.4) is 0 Å². The Hall–Kier alpha value is -2.73. The number of esters is 1. The van der Waals surface area contributed by atoms with Crippen LogP contribution in [0.15, 0.2) is 36.4 Å². The van der Waals surface area contributed by atoms with Crippen LogP contribution in [0.2, 0.25) is 10.0 Å². The average Bonchev–Trinajstić information content (AvgIpc) is 3.13. The predicted octanol–water partition coefficient (Wildman–Crippen LogP) is 6.46. The van der Waals surface area contributed by atoms with E-state index >= 15 is 0 Å². The summed E-state index contributed by atoms with van der Waals surface area (Å²) in [7, 11) is 0. The molecule has 1 N–H and O–H groups in total. The van der Waals surface area contributed by atoms with E-state index in [1.165, 1.54) is 12.1 Å². The Morgan fingerprint density at radius 2 is 1.76 bits per heavy atom. The molecule has 0 aliphatic carbocycles. The topological polar surface area (TPSA) is 71.3 Å². The molecule has 0 spiro atoms. The summed E-state index contributed by atoms with van der Waals surface area (Å²) >= 11 is 12.0. The van der Waals surface area contributed by atoms with Crippen LogP contribution in [-0.4, -0.2) is 17.7 Å². The number of nitrogens with one attached hydrogen (secondary N) is 1. The molecule has 5 nitrogen and oxygen atoms in total. The number of aryl methyl sites for hydroxylation is 1. The van der Waals surface area contributed by atoms with Gasteiger partial charge in [-0.05, 0) is 69.2 Å². The van der Waals surface area contributed by atoms with E-state index in [1.807, 2.05) is 0 Å². The van der Waals surface area contributed by atoms with E-state index in [4.69, 9.17) is 38.0 Å². The lowest BCUT2D eigenvalue weighted by Gasteiger charge is -2.29. The third kappa shape index (κ3) is 4.81. The smallest absolute Gasteiger partial charge is 0.428 e. The number of hydrogen-bond donors (Lipinski definition) is 1. The number of hydroxylamine groups is 1. The Morgan fingerprint density at radius 1 is 1.15 bits per heavy atom. The first-order valence-electron chi connectivity index (χ1n) is 9.66. The molecular formula is C23H19Cl2F3N2O3. The number of ether oxygens (including phenoxy) is 1. The monoisotopic (exact) mass is 498 g/mol. The maximum absolute atomic E-state index is 14.2. The van der Waals surface area contributed by atoms with Gasteiger partial charge in [-0.25, -0.2) is 4.79 Å². The maximum atomic E-state index is 14.2. The quantitative estimate of drug-likeness (QED) is 0.491. The Balaban J connectivity index is 2.05. The largest absolute Gasteiger partial charge is 0.456 e. The number of nitriles is 1. The highest BCUT2D eigenvalue weighted by Gasteiger charge is 2.59. The van der Waals surface area contributed by atoms with Gasteiger partial charge < -0.3 is 4.74 Å². The van der Waals surface area contributed by atoms with Crippen molar-refractivity contribution < 1.29 is 27.5 Å². The zero-order valence-corrected chi connectivity index (χ0v) is 19.5. The number of carbonyl (C=O) groups is 1. The van der Waals surface area contributed by atoms with Crippen molar-refractivity contribution in [3.63, 3.8) is 0 Å². The number of rotatable bonds is 3. The summed E-state index contributed by atoms with van der Waals surface area (Å²) in [6.45, 7) is 6.85. The van der Waals surface area contributed by atoms with Gasteiger partial charge in [-0.3, -0.25) is 10.3 Å². The molecule has 2 aromatic rings. The molecule has 1 heterocycles. The van der Waals surface area contributed by atoms with Crippen molar-refractivity contribution in [1.82, 2.24) is 5.48 Å². The van der Waals surface area contributed by atoms with Crippen LogP contribution in [0.4, 0.5) is 13.2 Å². The summed E-state index contributed by atoms with van der Waals surface area (Å²) < 4.78 is 48.0. The van der Waals surface area contributed by atoms with Crippen LogP contribution in [-0.2, 0) is 15.2 Å². The van der Waals surface area contributed by atoms with Gasteiger partial charge in [0.15, 0.2) is 0 Å². The molecule has 1 unspecified atom stereocenters. The second kappa shape index (κ2) is 8.56. The second-order valence-corrected chi connectivity index (χ2v) is 9.27. The van der Waals surface area contributed by atoms with Crippen molar-refractivity contribution >= 4 is 34.9 Å². The molecule has 0 fully saturated rings. The van der Waals surface area contributed by atoms with Crippen LogP contribution in [0.25, 0.3) is 5.70 Å². The summed E-state index contributed by atoms with van der Waals surface area (Å²) in [6, 6.07) is 8.25. The third-order valence-electron chi connectivity index (χ3n) is 4.83. The zero-order chi connectivity index (χ0) is 24.8. The molecule has 1 atom stereocenters. The summed E-state index contributed by atoms with van der Waals surface area (Å²) in [4.78, 5) is 17.4. The number of benzene rings is 2. The average molecular weight is 499 g/mol. The van der Waals surface area contributed by atoms with Crippen LogP contribution >= 0.6 is 23.2 Å². The minimum absolute atomic E-state index is 0.0303. The van der Waals surface area contributed by atoms with Crippen molar-refractivity contribution in [2.45, 2.75) is 45.1 Å². The van der Waals surface area contributed by atoms with Crippen molar-refractivity contribution in [2.75, 3.05) is 0 Å². The highest BCUT2D eigenvalue weighted by molar-refractivity contribution is 6.36. The van der Waals surface area contributed by atoms with E-state index in [0.29, 0.717) is 16.7 Å². The number of nitrogens with zero attached hydrogens (tertiary/aromatic N) is 1. The van der Waals surface area contributed by atoms with Gasteiger partial charge in [-0.15, -0.1) is 0 Å². The van der Waals surface area contributed by atoms with Gasteiger partial charge in [0.25, 0.3) is 0 Å². The Kier molecular flexibility index (Phi) is 6.46. The summed E-state index contributed by atoms with van der Waals surface area (Å²) in [5.41, 5.74) is -0.608. The molecule has 0 saturated carbocycles. The molecular weight excluding hydrogens is 480 g/mol. The van der Waals surface area contributed by atoms with E-state index in [1.54, 1.807) is 39.8 Å². The van der Waals surface area contributed by atoms with E-state index in [9.17, 15) is 18.0 Å². The van der Waals surface area contributed by atoms with Gasteiger partial charge in [-0.1, -0.05) is 29.3 Å². The summed E-state index contributed by atoms with van der Waals surface area (Å²) in [5, 5.41) is 8.63. The first-order chi connectivity index (χ1) is 15.2. The molecule has 0 bridgehead atoms. The van der Waals surface area contributed by atoms with Crippen molar-refractivity contribution in [2.24, 2.45) is 0 Å². The molecule has 3 rings (SSSR count). The SMILES string of the molecule is Cc1cc(C2=CC(c3cc(Cl)c(C#N)c(Cl)c3)(C(F)(F)F)ON2)ccc1C(=O)OC(C)(C)C. The first kappa shape index (κ1) is 24.9. The lowest BCUT2D eigenvalue weighted by atomic mass is 9.90. The molecule has 0 aromatic heterocycles. The molecule has 0 radical (unpaired) electrons. The number of hydrogen-bond acceptors (Lipinski definition) is 5. The minimum atomic E-state index is -4.89. The standard InChI is InChI=1S/C23H19Cl2F3N2O3/c1-12-7-13(5-6-15(12)20(31)32-21(2,3)4)19-10-22(33-30-19,23(26,27)28)14-8-17(24)16(11-29)18(25)9-14/h5-10,30H,1-4H3. The van der Waals surface area contributed by atoms with Gasteiger partial charge in [0.05, 0.1) is 26.9 Å². The van der Waals surface area contributed by atoms with Gasteiger partial charge >= 0.3 is 12.1 Å². The summed E-state index contributed by atoms with van der Waals surface area (Å²) in [5.74, 6) is -0.539. The molecule has 33 heavy (non-hydrogen) atoms. The molecule has 0 saturated heterocycles. The van der Waals surface area contributed by atoms with Crippen LogP contribution in [0.1, 0.15) is 53.4 Å². The van der Waals surface area contributed by atoms with Crippen molar-refractivity contribution in [3.05, 3.63) is 74.3 Å². The van der Waals surface area contributed by atoms with E-state index in [-0.39, 0.29) is 21.3 Å². The maximum Gasteiger partial charge on any atom is 0.428 e. The fourth-order valence-electron chi connectivity index (χ4n) is 3.27. The van der Waals surface area contributed by atoms with Gasteiger partial charge in [0.1, 0.15) is 11.7 Å². The fraction of sp³-hybridized carbons (Fsp3) is 0.304. The molecule has 2 aromatic carbocycles. The van der Waals surface area contributed by atoms with Crippen molar-refractivity contribution in [3.8, 4) is 6.07 Å². The first-order valence-corrected chi connectivity index (χ1v) is 10.4. The number of halogens is 5. The van der Waals surface area contributed by atoms with Crippen molar-refractivity contribution in [1.29, 1.82) is 5.26 Å². The van der Waals surface area contributed by atoms with Gasteiger partial charge in [-0.2, -0.15) is 18.4 Å². The van der Waals surface area contributed by atoms with Gasteiger partial charge in [0.2, 0.25) is 5.60 Å². The molecule has 1 aliphatic heterocycles. The Morgan fingerprint density at radius 3 is 2.24 bits per heavy atom. The molecule has 10 heteroatoms. The van der Waals surface area contributed by atoms with Crippen LogP contribution in [0, 0.1) is 18.3 Å². The Bertz CT molecular complexity index is 1170. The minimum Gasteiger partial charge on any atom is -0.456 e.